The summed E-state index contributed by atoms with van der Waals surface area (Å²) >= 11 is 0. The molecule has 0 saturated heterocycles. The van der Waals surface area contributed by atoms with Crippen LogP contribution < -0.4 is 0 Å². The van der Waals surface area contributed by atoms with Gasteiger partial charge in [-0.25, -0.2) is 4.79 Å². The average Bonchev–Trinajstić information content (AvgIpc) is 2.77. The first-order valence-corrected chi connectivity index (χ1v) is 7.77. The minimum absolute atomic E-state index is 0.130. The molecule has 1 aromatic carbocycles. The van der Waals surface area contributed by atoms with E-state index in [0.717, 1.165) is 29.8 Å². The van der Waals surface area contributed by atoms with E-state index in [-0.39, 0.29) is 17.7 Å². The maximum absolute atomic E-state index is 11.0. The number of hydrogen-bond acceptors (Lipinski definition) is 3. The van der Waals surface area contributed by atoms with Crippen LogP contribution in [0.3, 0.4) is 0 Å². The highest BCUT2D eigenvalue weighted by atomic mass is 16.4. The summed E-state index contributed by atoms with van der Waals surface area (Å²) in [6.07, 6.45) is 2.38. The van der Waals surface area contributed by atoms with E-state index in [9.17, 15) is 14.7 Å². The smallest absolute Gasteiger partial charge is 0.339 e. The van der Waals surface area contributed by atoms with Gasteiger partial charge < -0.3 is 19.9 Å². The van der Waals surface area contributed by atoms with E-state index in [0.29, 0.717) is 12.1 Å². The molecule has 24 heavy (non-hydrogen) atoms. The highest BCUT2D eigenvalue weighted by Gasteiger charge is 2.14. The van der Waals surface area contributed by atoms with Crippen LogP contribution in [0.5, 0.6) is 5.75 Å². The molecule has 128 valence electrons. The molecule has 6 heteroatoms. The summed E-state index contributed by atoms with van der Waals surface area (Å²) in [6, 6.07) is 6.53. The first-order valence-electron chi connectivity index (χ1n) is 7.77. The Kier molecular flexibility index (Phi) is 5.28. The van der Waals surface area contributed by atoms with Gasteiger partial charge >= 0.3 is 11.9 Å². The number of carboxylic acid groups (broad SMARTS) is 2. The topological polar surface area (TPSA) is 99.8 Å². The number of nitrogens with zero attached hydrogens (tertiary/aromatic N) is 1. The third-order valence-corrected chi connectivity index (χ3v) is 4.09. The number of aliphatic carboxylic acids is 1. The standard InChI is InChI=1S/C18H21NO5/c1-11-9-13(5-3-4-6-17(21)22)12(2)19(11)14-7-8-15(18(23)24)16(20)10-14/h7-10,20H,3-6H2,1-2H3,(H,21,22)(H,23,24). The van der Waals surface area contributed by atoms with Crippen molar-refractivity contribution in [3.05, 3.63) is 46.8 Å². The second kappa shape index (κ2) is 7.21. The largest absolute Gasteiger partial charge is 0.507 e. The summed E-state index contributed by atoms with van der Waals surface area (Å²) in [4.78, 5) is 21.6. The van der Waals surface area contributed by atoms with Gasteiger partial charge in [-0.1, -0.05) is 0 Å². The van der Waals surface area contributed by atoms with E-state index >= 15 is 0 Å². The lowest BCUT2D eigenvalue weighted by atomic mass is 10.1. The summed E-state index contributed by atoms with van der Waals surface area (Å²) in [6.45, 7) is 3.90. The summed E-state index contributed by atoms with van der Waals surface area (Å²) in [5, 5.41) is 27.6. The van der Waals surface area contributed by atoms with Crippen molar-refractivity contribution in [2.75, 3.05) is 0 Å². The Bertz CT molecular complexity index is 776. The van der Waals surface area contributed by atoms with E-state index in [4.69, 9.17) is 10.2 Å². The van der Waals surface area contributed by atoms with Gasteiger partial charge in [0.2, 0.25) is 0 Å². The van der Waals surface area contributed by atoms with Gasteiger partial charge in [-0.05, 0) is 56.9 Å². The van der Waals surface area contributed by atoms with E-state index in [1.54, 1.807) is 6.07 Å². The molecule has 0 atom stereocenters. The van der Waals surface area contributed by atoms with Gasteiger partial charge in [0.25, 0.3) is 0 Å². The Labute approximate surface area is 140 Å². The van der Waals surface area contributed by atoms with Crippen molar-refractivity contribution in [3.8, 4) is 11.4 Å². The van der Waals surface area contributed by atoms with Crippen molar-refractivity contribution in [2.45, 2.75) is 39.5 Å². The summed E-state index contributed by atoms with van der Waals surface area (Å²) in [5.41, 5.74) is 3.67. The number of unbranched alkanes of at least 4 members (excludes halogenated alkanes) is 1. The molecule has 3 N–H and O–H groups in total. The molecule has 0 bridgehead atoms. The molecule has 1 aromatic heterocycles. The number of hydrogen-bond donors (Lipinski definition) is 3. The fourth-order valence-corrected chi connectivity index (χ4v) is 2.91. The molecule has 1 heterocycles. The van der Waals surface area contributed by atoms with Gasteiger partial charge in [-0.2, -0.15) is 0 Å². The lowest BCUT2D eigenvalue weighted by molar-refractivity contribution is -0.137. The third-order valence-electron chi connectivity index (χ3n) is 4.09. The van der Waals surface area contributed by atoms with Crippen LogP contribution in [0, 0.1) is 13.8 Å². The van der Waals surface area contributed by atoms with Crippen molar-refractivity contribution in [1.29, 1.82) is 0 Å². The normalized spacial score (nSPS) is 10.8. The van der Waals surface area contributed by atoms with Crippen LogP contribution in [-0.2, 0) is 11.2 Å². The molecule has 2 rings (SSSR count). The van der Waals surface area contributed by atoms with Crippen molar-refractivity contribution < 1.29 is 24.9 Å². The number of aryl methyl sites for hydroxylation is 2. The second-order valence-corrected chi connectivity index (χ2v) is 5.84. The number of carboxylic acids is 2. The number of rotatable bonds is 7. The molecule has 2 aromatic rings. The summed E-state index contributed by atoms with van der Waals surface area (Å²) < 4.78 is 1.96. The molecule has 0 unspecified atom stereocenters. The molecule has 0 aliphatic carbocycles. The van der Waals surface area contributed by atoms with Crippen LogP contribution in [0.15, 0.2) is 24.3 Å². The zero-order valence-corrected chi connectivity index (χ0v) is 13.7. The van der Waals surface area contributed by atoms with Gasteiger partial charge in [0.05, 0.1) is 0 Å². The highest BCUT2D eigenvalue weighted by Crippen LogP contribution is 2.26. The Balaban J connectivity index is 2.24. The Morgan fingerprint density at radius 1 is 1.08 bits per heavy atom. The van der Waals surface area contributed by atoms with E-state index in [1.165, 1.54) is 12.1 Å². The number of benzene rings is 1. The molecule has 0 saturated carbocycles. The van der Waals surface area contributed by atoms with Crippen molar-refractivity contribution in [2.24, 2.45) is 0 Å². The first kappa shape index (κ1) is 17.6. The molecule has 0 fully saturated rings. The quantitative estimate of drug-likeness (QED) is 0.676. The van der Waals surface area contributed by atoms with Crippen LogP contribution in [0.2, 0.25) is 0 Å². The molecular weight excluding hydrogens is 310 g/mol. The Morgan fingerprint density at radius 2 is 1.79 bits per heavy atom. The molecule has 6 nitrogen and oxygen atoms in total. The second-order valence-electron chi connectivity index (χ2n) is 5.84. The molecule has 0 amide bonds. The lowest BCUT2D eigenvalue weighted by Gasteiger charge is -2.11. The maximum Gasteiger partial charge on any atom is 0.339 e. The average molecular weight is 331 g/mol. The Hall–Kier alpha value is -2.76. The molecule has 0 spiro atoms. The van der Waals surface area contributed by atoms with Gasteiger partial charge in [-0.15, -0.1) is 0 Å². The van der Waals surface area contributed by atoms with Gasteiger partial charge in [-0.3, -0.25) is 4.79 Å². The molecule has 0 aliphatic heterocycles. The first-order chi connectivity index (χ1) is 11.3. The lowest BCUT2D eigenvalue weighted by Crippen LogP contribution is -2.02. The summed E-state index contributed by atoms with van der Waals surface area (Å²) in [5.74, 6) is -2.22. The summed E-state index contributed by atoms with van der Waals surface area (Å²) in [7, 11) is 0. The third kappa shape index (κ3) is 3.76. The predicted molar refractivity (Wildman–Crippen MR) is 89.1 cm³/mol. The van der Waals surface area contributed by atoms with Crippen LogP contribution in [0.4, 0.5) is 0 Å². The van der Waals surface area contributed by atoms with Crippen molar-refractivity contribution in [1.82, 2.24) is 4.57 Å². The van der Waals surface area contributed by atoms with E-state index < -0.39 is 11.9 Å². The highest BCUT2D eigenvalue weighted by molar-refractivity contribution is 5.91. The minimum atomic E-state index is -1.17. The number of aromatic carboxylic acids is 1. The maximum atomic E-state index is 11.0. The van der Waals surface area contributed by atoms with E-state index in [2.05, 4.69) is 0 Å². The zero-order valence-electron chi connectivity index (χ0n) is 13.7. The van der Waals surface area contributed by atoms with E-state index in [1.807, 2.05) is 24.5 Å². The van der Waals surface area contributed by atoms with Crippen molar-refractivity contribution >= 4 is 11.9 Å². The van der Waals surface area contributed by atoms with Crippen LogP contribution in [0.25, 0.3) is 5.69 Å². The monoisotopic (exact) mass is 331 g/mol. The van der Waals surface area contributed by atoms with Crippen LogP contribution >= 0.6 is 0 Å². The fourth-order valence-electron chi connectivity index (χ4n) is 2.91. The SMILES string of the molecule is Cc1cc(CCCCC(=O)O)c(C)n1-c1ccc(C(=O)O)c(O)c1. The van der Waals surface area contributed by atoms with Gasteiger partial charge in [0, 0.05) is 29.6 Å². The van der Waals surface area contributed by atoms with Gasteiger partial charge in [0.1, 0.15) is 11.3 Å². The Morgan fingerprint density at radius 3 is 2.38 bits per heavy atom. The zero-order chi connectivity index (χ0) is 17.9. The fraction of sp³-hybridized carbons (Fsp3) is 0.333. The molecular formula is C18H21NO5. The van der Waals surface area contributed by atoms with Crippen LogP contribution in [0.1, 0.15) is 46.6 Å². The number of carbonyl (C=O) groups is 2. The van der Waals surface area contributed by atoms with Crippen molar-refractivity contribution in [3.63, 3.8) is 0 Å². The van der Waals surface area contributed by atoms with Crippen LogP contribution in [-0.4, -0.2) is 31.8 Å². The number of aromatic nitrogens is 1. The predicted octanol–water partition coefficient (Wildman–Crippen LogP) is 3.30. The molecule has 0 aliphatic rings. The van der Waals surface area contributed by atoms with Gasteiger partial charge in [0.15, 0.2) is 0 Å². The number of phenols is 1. The number of aromatic hydroxyl groups is 1. The minimum Gasteiger partial charge on any atom is -0.507 e. The molecule has 0 radical (unpaired) electrons.